The summed E-state index contributed by atoms with van der Waals surface area (Å²) in [4.78, 5) is 13.0. The van der Waals surface area contributed by atoms with Crippen LogP contribution in [0.4, 0.5) is 5.69 Å². The number of aromatic nitrogens is 3. The van der Waals surface area contributed by atoms with Crippen molar-refractivity contribution in [3.8, 4) is 11.3 Å². The number of nitrogens with one attached hydrogen (secondary N) is 1. The highest BCUT2D eigenvalue weighted by Gasteiger charge is 2.22. The molecule has 1 aromatic carbocycles. The summed E-state index contributed by atoms with van der Waals surface area (Å²) in [5, 5.41) is 1.17. The first kappa shape index (κ1) is 15.1. The van der Waals surface area contributed by atoms with Crippen molar-refractivity contribution in [2.45, 2.75) is 25.7 Å². The number of nitrogen functional groups attached to an aromatic ring is 1. The van der Waals surface area contributed by atoms with Crippen LogP contribution in [0.3, 0.4) is 0 Å². The number of nitrogens with zero attached hydrogens (tertiary/aromatic N) is 2. The van der Waals surface area contributed by atoms with Crippen molar-refractivity contribution in [1.82, 2.24) is 15.0 Å². The van der Waals surface area contributed by atoms with Crippen molar-refractivity contribution in [3.63, 3.8) is 0 Å². The maximum atomic E-state index is 6.22. The summed E-state index contributed by atoms with van der Waals surface area (Å²) in [6.07, 6.45) is 10.2. The zero-order valence-corrected chi connectivity index (χ0v) is 14.5. The van der Waals surface area contributed by atoms with Crippen LogP contribution in [0.15, 0.2) is 43.2 Å². The molecule has 0 spiro atoms. The highest BCUT2D eigenvalue weighted by atomic mass is 14.8. The van der Waals surface area contributed by atoms with Gasteiger partial charge in [-0.1, -0.05) is 12.7 Å². The summed E-state index contributed by atoms with van der Waals surface area (Å²) < 4.78 is 0. The van der Waals surface area contributed by atoms with E-state index < -0.39 is 0 Å². The molecular weight excluding hydrogens is 320 g/mol. The third-order valence-electron chi connectivity index (χ3n) is 5.44. The lowest BCUT2D eigenvalue weighted by Crippen LogP contribution is -2.09. The molecule has 1 aliphatic carbocycles. The molecule has 3 heterocycles. The molecule has 0 saturated carbocycles. The van der Waals surface area contributed by atoms with Crippen molar-refractivity contribution < 1.29 is 0 Å². The maximum absolute atomic E-state index is 6.22. The minimum absolute atomic E-state index is 0.767. The fourth-order valence-electron chi connectivity index (χ4n) is 4.24. The van der Waals surface area contributed by atoms with Gasteiger partial charge in [0.15, 0.2) is 0 Å². The minimum Gasteiger partial charge on any atom is -0.398 e. The number of aromatic amines is 1. The molecule has 3 aromatic heterocycles. The molecule has 0 aliphatic heterocycles. The van der Waals surface area contributed by atoms with Gasteiger partial charge in [0.25, 0.3) is 0 Å². The van der Waals surface area contributed by atoms with Gasteiger partial charge < -0.3 is 10.7 Å². The summed E-state index contributed by atoms with van der Waals surface area (Å²) in [5.74, 6) is 0. The van der Waals surface area contributed by atoms with E-state index in [0.717, 1.165) is 51.9 Å². The largest absolute Gasteiger partial charge is 0.398 e. The Kier molecular flexibility index (Phi) is 3.32. The van der Waals surface area contributed by atoms with Gasteiger partial charge in [-0.25, -0.2) is 4.98 Å². The number of hydrogen-bond acceptors (Lipinski definition) is 3. The smallest absolute Gasteiger partial charge is 0.0972 e. The number of rotatable bonds is 2. The van der Waals surface area contributed by atoms with Crippen molar-refractivity contribution in [2.75, 3.05) is 5.73 Å². The van der Waals surface area contributed by atoms with Gasteiger partial charge in [-0.2, -0.15) is 0 Å². The van der Waals surface area contributed by atoms with Crippen LogP contribution in [0, 0.1) is 0 Å². The molecule has 4 nitrogen and oxygen atoms in total. The monoisotopic (exact) mass is 340 g/mol. The lowest BCUT2D eigenvalue weighted by atomic mass is 9.85. The van der Waals surface area contributed by atoms with Crippen molar-refractivity contribution in [2.24, 2.45) is 0 Å². The first-order chi connectivity index (χ1) is 12.8. The number of aryl methyl sites for hydroxylation is 1. The third kappa shape index (κ3) is 2.08. The summed E-state index contributed by atoms with van der Waals surface area (Å²) in [6.45, 7) is 3.98. The Hall–Kier alpha value is -3.14. The molecule has 0 atom stereocenters. The van der Waals surface area contributed by atoms with Crippen LogP contribution >= 0.6 is 0 Å². The number of hydrogen-bond donors (Lipinski definition) is 2. The molecule has 4 aromatic rings. The highest BCUT2D eigenvalue weighted by Crippen LogP contribution is 2.39. The number of H-pyrrole nitrogens is 1. The van der Waals surface area contributed by atoms with Crippen LogP contribution in [0.2, 0.25) is 0 Å². The maximum Gasteiger partial charge on any atom is 0.0972 e. The Morgan fingerprint density at radius 3 is 2.81 bits per heavy atom. The van der Waals surface area contributed by atoms with E-state index in [1.807, 2.05) is 36.7 Å². The Morgan fingerprint density at radius 1 is 1.12 bits per heavy atom. The second-order valence-corrected chi connectivity index (χ2v) is 6.89. The predicted molar refractivity (Wildman–Crippen MR) is 108 cm³/mol. The number of fused-ring (bicyclic) bond motifs is 4. The quantitative estimate of drug-likeness (QED) is 0.511. The Labute approximate surface area is 151 Å². The number of nitrogens with two attached hydrogens (primary N) is 1. The van der Waals surface area contributed by atoms with E-state index in [9.17, 15) is 0 Å². The zero-order valence-electron chi connectivity index (χ0n) is 14.5. The van der Waals surface area contributed by atoms with Gasteiger partial charge in [0.1, 0.15) is 0 Å². The van der Waals surface area contributed by atoms with Crippen LogP contribution in [0.25, 0.3) is 39.3 Å². The van der Waals surface area contributed by atoms with Gasteiger partial charge in [-0.15, -0.1) is 0 Å². The molecule has 26 heavy (non-hydrogen) atoms. The average Bonchev–Trinajstić information content (AvgIpc) is 3.11. The van der Waals surface area contributed by atoms with Crippen LogP contribution in [0.5, 0.6) is 0 Å². The second-order valence-electron chi connectivity index (χ2n) is 6.89. The van der Waals surface area contributed by atoms with Crippen molar-refractivity contribution >= 4 is 33.7 Å². The first-order valence-electron chi connectivity index (χ1n) is 9.07. The van der Waals surface area contributed by atoms with Gasteiger partial charge in [0.05, 0.1) is 22.2 Å². The van der Waals surface area contributed by atoms with Crippen molar-refractivity contribution in [3.05, 3.63) is 59.9 Å². The fourth-order valence-corrected chi connectivity index (χ4v) is 4.24. The van der Waals surface area contributed by atoms with E-state index in [2.05, 4.69) is 22.6 Å². The highest BCUT2D eigenvalue weighted by molar-refractivity contribution is 6.00. The topological polar surface area (TPSA) is 67.6 Å². The Bertz CT molecular complexity index is 1170. The molecule has 0 saturated heterocycles. The third-order valence-corrected chi connectivity index (χ3v) is 5.44. The molecule has 128 valence electrons. The van der Waals surface area contributed by atoms with Gasteiger partial charge >= 0.3 is 0 Å². The molecule has 0 radical (unpaired) electrons. The van der Waals surface area contributed by atoms with Gasteiger partial charge in [0, 0.05) is 34.6 Å². The van der Waals surface area contributed by atoms with Crippen LogP contribution in [-0.2, 0) is 12.8 Å². The Morgan fingerprint density at radius 2 is 1.96 bits per heavy atom. The number of benzene rings is 1. The zero-order chi connectivity index (χ0) is 17.7. The predicted octanol–water partition coefficient (Wildman–Crippen LogP) is 4.88. The molecule has 0 fully saturated rings. The van der Waals surface area contributed by atoms with Gasteiger partial charge in [-0.3, -0.25) is 4.98 Å². The Balaban J connectivity index is 1.90. The number of anilines is 1. The van der Waals surface area contributed by atoms with Crippen LogP contribution < -0.4 is 5.73 Å². The standard InChI is InChI=1S/C22H20N4/c1-2-13-17(23)9-10-18-20(13)14-6-3-4-7-15(14)21(26-18)16-12-25-19-8-5-11-24-22(16)19/h2,5,8-12,25H,1,3-4,6-7,23H2. The van der Waals surface area contributed by atoms with Crippen LogP contribution in [-0.4, -0.2) is 15.0 Å². The molecule has 0 unspecified atom stereocenters. The van der Waals surface area contributed by atoms with Gasteiger partial charge in [-0.05, 0) is 61.1 Å². The summed E-state index contributed by atoms with van der Waals surface area (Å²) in [6, 6.07) is 7.96. The average molecular weight is 340 g/mol. The number of pyridine rings is 2. The molecule has 5 rings (SSSR count). The lowest BCUT2D eigenvalue weighted by molar-refractivity contribution is 0.689. The van der Waals surface area contributed by atoms with Crippen LogP contribution in [0.1, 0.15) is 29.5 Å². The summed E-state index contributed by atoms with van der Waals surface area (Å²) in [5.41, 5.74) is 15.9. The minimum atomic E-state index is 0.767. The van der Waals surface area contributed by atoms with E-state index in [0.29, 0.717) is 0 Å². The molecule has 4 heteroatoms. The summed E-state index contributed by atoms with van der Waals surface area (Å²) >= 11 is 0. The van der Waals surface area contributed by atoms with E-state index >= 15 is 0 Å². The van der Waals surface area contributed by atoms with E-state index in [4.69, 9.17) is 10.7 Å². The summed E-state index contributed by atoms with van der Waals surface area (Å²) in [7, 11) is 0. The molecule has 0 amide bonds. The SMILES string of the molecule is C=Cc1c(N)ccc2nc(-c3c[nH]c4cccnc34)c3c(c12)CCCC3. The molecule has 0 bridgehead atoms. The van der Waals surface area contributed by atoms with E-state index in [1.54, 1.807) is 0 Å². The lowest BCUT2D eigenvalue weighted by Gasteiger charge is -2.22. The fraction of sp³-hybridized carbons (Fsp3) is 0.182. The molecule has 1 aliphatic rings. The van der Waals surface area contributed by atoms with E-state index in [1.165, 1.54) is 29.4 Å². The first-order valence-corrected chi connectivity index (χ1v) is 9.07. The molecule has 3 N–H and O–H groups in total. The van der Waals surface area contributed by atoms with Gasteiger partial charge in [0.2, 0.25) is 0 Å². The second kappa shape index (κ2) is 5.70. The molecular formula is C22H20N4. The van der Waals surface area contributed by atoms with Crippen molar-refractivity contribution in [1.29, 1.82) is 0 Å². The van der Waals surface area contributed by atoms with E-state index in [-0.39, 0.29) is 0 Å². The normalized spacial score (nSPS) is 13.8.